The Bertz CT molecular complexity index is 1070. The van der Waals surface area contributed by atoms with Gasteiger partial charge in [-0.15, -0.1) is 0 Å². The van der Waals surface area contributed by atoms with E-state index in [0.29, 0.717) is 6.54 Å². The third-order valence-electron chi connectivity index (χ3n) is 4.76. The van der Waals surface area contributed by atoms with Crippen LogP contribution in [-0.2, 0) is 6.54 Å². The molecule has 2 aromatic heterocycles. The Balaban J connectivity index is 1.94. The van der Waals surface area contributed by atoms with Crippen LogP contribution in [0.4, 0.5) is 5.82 Å². The maximum Gasteiger partial charge on any atom is 0.135 e. The average molecular weight is 367 g/mol. The topological polar surface area (TPSA) is 63.8 Å². The van der Waals surface area contributed by atoms with Crippen LogP contribution in [-0.4, -0.2) is 16.5 Å². The number of pyridine rings is 2. The van der Waals surface area contributed by atoms with E-state index in [0.717, 1.165) is 57.6 Å². The highest BCUT2D eigenvalue weighted by Gasteiger charge is 2.14. The zero-order chi connectivity index (χ0) is 19.3. The molecule has 0 aliphatic carbocycles. The first-order valence-electron chi connectivity index (χ1n) is 9.48. The van der Waals surface area contributed by atoms with Crippen LogP contribution in [0.3, 0.4) is 0 Å². The van der Waals surface area contributed by atoms with Crippen molar-refractivity contribution in [1.29, 1.82) is 0 Å². The third kappa shape index (κ3) is 3.55. The van der Waals surface area contributed by atoms with E-state index in [-0.39, 0.29) is 0 Å². The van der Waals surface area contributed by atoms with E-state index in [1.54, 1.807) is 6.20 Å². The van der Waals surface area contributed by atoms with Gasteiger partial charge >= 0.3 is 0 Å². The van der Waals surface area contributed by atoms with Crippen LogP contribution in [0.15, 0.2) is 72.9 Å². The van der Waals surface area contributed by atoms with Gasteiger partial charge in [-0.2, -0.15) is 0 Å². The Morgan fingerprint density at radius 2 is 1.71 bits per heavy atom. The molecule has 0 saturated heterocycles. The molecular weight excluding hydrogens is 344 g/mol. The summed E-state index contributed by atoms with van der Waals surface area (Å²) < 4.78 is 0. The van der Waals surface area contributed by atoms with Gasteiger partial charge in [0.2, 0.25) is 0 Å². The van der Waals surface area contributed by atoms with Crippen LogP contribution in [0.1, 0.15) is 12.0 Å². The molecule has 0 fully saturated rings. The lowest BCUT2D eigenvalue weighted by atomic mass is 9.97. The molecule has 0 amide bonds. The predicted molar refractivity (Wildman–Crippen MR) is 117 cm³/mol. The SMILES string of the molecule is [CH2+]CCNc1nccc2nc(-c3ccc(CN)cc3)c(-c3ccccc3)cc12. The van der Waals surface area contributed by atoms with E-state index in [9.17, 15) is 0 Å². The lowest BCUT2D eigenvalue weighted by molar-refractivity contribution is 1.05. The van der Waals surface area contributed by atoms with Gasteiger partial charge in [-0.1, -0.05) is 54.6 Å². The second-order valence-corrected chi connectivity index (χ2v) is 6.66. The molecule has 4 aromatic rings. The molecule has 2 aromatic carbocycles. The number of hydrogen-bond donors (Lipinski definition) is 2. The molecule has 0 aliphatic heterocycles. The number of hydrogen-bond acceptors (Lipinski definition) is 4. The predicted octanol–water partition coefficient (Wildman–Crippen LogP) is 5.06. The molecule has 0 atom stereocenters. The highest BCUT2D eigenvalue weighted by Crippen LogP contribution is 2.35. The molecule has 4 nitrogen and oxygen atoms in total. The Morgan fingerprint density at radius 3 is 2.43 bits per heavy atom. The minimum atomic E-state index is 0.532. The van der Waals surface area contributed by atoms with Crippen molar-refractivity contribution in [3.05, 3.63) is 85.4 Å². The largest absolute Gasteiger partial charge is 0.365 e. The number of nitrogens with one attached hydrogen (secondary N) is 1. The van der Waals surface area contributed by atoms with Gasteiger partial charge in [0.25, 0.3) is 0 Å². The fourth-order valence-corrected chi connectivity index (χ4v) is 3.30. The van der Waals surface area contributed by atoms with Crippen molar-refractivity contribution < 1.29 is 0 Å². The van der Waals surface area contributed by atoms with Crippen LogP contribution in [0.5, 0.6) is 0 Å². The summed E-state index contributed by atoms with van der Waals surface area (Å²) in [6.45, 7) is 5.20. The second-order valence-electron chi connectivity index (χ2n) is 6.66. The first kappa shape index (κ1) is 18.0. The monoisotopic (exact) mass is 367 g/mol. The van der Waals surface area contributed by atoms with Gasteiger partial charge in [-0.25, -0.2) is 9.97 Å². The minimum absolute atomic E-state index is 0.532. The average Bonchev–Trinajstić information content (AvgIpc) is 2.77. The summed E-state index contributed by atoms with van der Waals surface area (Å²) in [4.78, 5) is 9.53. The molecule has 0 radical (unpaired) electrons. The van der Waals surface area contributed by atoms with Crippen molar-refractivity contribution >= 4 is 16.7 Å². The van der Waals surface area contributed by atoms with Crippen molar-refractivity contribution in [2.24, 2.45) is 5.73 Å². The van der Waals surface area contributed by atoms with Crippen molar-refractivity contribution in [3.63, 3.8) is 0 Å². The number of benzene rings is 2. The zero-order valence-electron chi connectivity index (χ0n) is 15.7. The van der Waals surface area contributed by atoms with Crippen molar-refractivity contribution in [3.8, 4) is 22.4 Å². The maximum atomic E-state index is 5.76. The van der Waals surface area contributed by atoms with Crippen LogP contribution < -0.4 is 11.1 Å². The van der Waals surface area contributed by atoms with Gasteiger partial charge < -0.3 is 11.1 Å². The van der Waals surface area contributed by atoms with Crippen LogP contribution in [0.25, 0.3) is 33.3 Å². The highest BCUT2D eigenvalue weighted by molar-refractivity contribution is 5.96. The molecule has 0 bridgehead atoms. The summed E-state index contributed by atoms with van der Waals surface area (Å²) >= 11 is 0. The normalized spacial score (nSPS) is 10.9. The first-order valence-corrected chi connectivity index (χ1v) is 9.48. The van der Waals surface area contributed by atoms with Gasteiger partial charge in [0.1, 0.15) is 12.2 Å². The molecule has 3 N–H and O–H groups in total. The minimum Gasteiger partial charge on any atom is -0.365 e. The molecule has 2 heterocycles. The number of nitrogens with two attached hydrogens (primary N) is 1. The number of anilines is 1. The summed E-state index contributed by atoms with van der Waals surface area (Å²) in [6.07, 6.45) is 2.59. The van der Waals surface area contributed by atoms with E-state index >= 15 is 0 Å². The number of rotatable bonds is 6. The van der Waals surface area contributed by atoms with Gasteiger partial charge in [-0.05, 0) is 23.3 Å². The Labute approximate surface area is 165 Å². The quantitative estimate of drug-likeness (QED) is 0.468. The summed E-state index contributed by atoms with van der Waals surface area (Å²) in [7, 11) is 0. The van der Waals surface area contributed by atoms with Crippen molar-refractivity contribution in [1.82, 2.24) is 9.97 Å². The fraction of sp³-hybridized carbons (Fsp3) is 0.125. The molecule has 0 spiro atoms. The second kappa shape index (κ2) is 8.11. The van der Waals surface area contributed by atoms with E-state index in [1.807, 2.05) is 24.3 Å². The summed E-state index contributed by atoms with van der Waals surface area (Å²) in [5.74, 6) is 0.843. The molecule has 4 rings (SSSR count). The Kier molecular flexibility index (Phi) is 5.22. The number of fused-ring (bicyclic) bond motifs is 1. The zero-order valence-corrected chi connectivity index (χ0v) is 15.7. The first-order chi connectivity index (χ1) is 13.8. The number of aromatic nitrogens is 2. The van der Waals surface area contributed by atoms with Crippen LogP contribution in [0.2, 0.25) is 0 Å². The number of nitrogens with zero attached hydrogens (tertiary/aromatic N) is 2. The van der Waals surface area contributed by atoms with Crippen LogP contribution in [0, 0.1) is 6.92 Å². The lowest BCUT2D eigenvalue weighted by Gasteiger charge is -2.14. The van der Waals surface area contributed by atoms with Crippen LogP contribution >= 0.6 is 0 Å². The summed E-state index contributed by atoms with van der Waals surface area (Å²) in [6, 6.07) is 22.8. The molecule has 0 unspecified atom stereocenters. The van der Waals surface area contributed by atoms with E-state index in [2.05, 4.69) is 59.7 Å². The maximum absolute atomic E-state index is 5.76. The Hall–Kier alpha value is -3.37. The summed E-state index contributed by atoms with van der Waals surface area (Å²) in [5.41, 5.74) is 12.0. The standard InChI is InChI=1S/C24H23N4/c1-2-13-26-24-21-15-20(18-6-4-3-5-7-18)23(28-22(21)12-14-27-24)19-10-8-17(16-25)9-11-19/h3-12,14-15H,1-2,13,16,25H2,(H,26,27)/q+1. The lowest BCUT2D eigenvalue weighted by Crippen LogP contribution is -2.03. The van der Waals surface area contributed by atoms with Gasteiger partial charge in [0, 0.05) is 29.3 Å². The van der Waals surface area contributed by atoms with E-state index in [1.165, 1.54) is 0 Å². The van der Waals surface area contributed by atoms with Gasteiger partial charge in [0.15, 0.2) is 0 Å². The summed E-state index contributed by atoms with van der Waals surface area (Å²) in [5, 5.41) is 4.37. The van der Waals surface area contributed by atoms with Crippen molar-refractivity contribution in [2.75, 3.05) is 11.9 Å². The van der Waals surface area contributed by atoms with E-state index in [4.69, 9.17) is 10.7 Å². The highest BCUT2D eigenvalue weighted by atomic mass is 15.0. The fourth-order valence-electron chi connectivity index (χ4n) is 3.30. The van der Waals surface area contributed by atoms with Crippen molar-refractivity contribution in [2.45, 2.75) is 13.0 Å². The molecule has 0 saturated carbocycles. The molecule has 138 valence electrons. The molecule has 0 aliphatic rings. The smallest absolute Gasteiger partial charge is 0.135 e. The molecule has 28 heavy (non-hydrogen) atoms. The molecule has 4 heteroatoms. The third-order valence-corrected chi connectivity index (χ3v) is 4.76. The molecular formula is C24H23N4+. The van der Waals surface area contributed by atoms with E-state index < -0.39 is 0 Å². The van der Waals surface area contributed by atoms with Gasteiger partial charge in [0.05, 0.1) is 24.7 Å². The Morgan fingerprint density at radius 1 is 0.929 bits per heavy atom. The van der Waals surface area contributed by atoms with Gasteiger partial charge in [-0.3, -0.25) is 0 Å².